The monoisotopic (exact) mass is 1090 g/mol. The summed E-state index contributed by atoms with van der Waals surface area (Å²) in [5.41, 5.74) is 7.61. The van der Waals surface area contributed by atoms with Gasteiger partial charge in [0.2, 0.25) is 0 Å². The van der Waals surface area contributed by atoms with Crippen molar-refractivity contribution in [3.05, 3.63) is 148 Å². The number of anilines is 3. The highest BCUT2D eigenvalue weighted by atomic mass is 32.1. The number of hydrogen-bond donors (Lipinski definition) is 1. The van der Waals surface area contributed by atoms with E-state index in [1.165, 1.54) is 38.5 Å². The number of amides is 2. The third-order valence-corrected chi connectivity index (χ3v) is 17.7. The lowest BCUT2D eigenvalue weighted by atomic mass is 9.98. The highest BCUT2D eigenvalue weighted by Gasteiger charge is 2.50. The van der Waals surface area contributed by atoms with E-state index in [0.29, 0.717) is 43.1 Å². The summed E-state index contributed by atoms with van der Waals surface area (Å²) in [6, 6.07) is 40.6. The van der Waals surface area contributed by atoms with Gasteiger partial charge in [0.15, 0.2) is 0 Å². The van der Waals surface area contributed by atoms with E-state index < -0.39 is 5.97 Å². The molecule has 11 heteroatoms. The molecule has 8 rings (SSSR count). The number of carbonyl (C=O) groups excluding carboxylic acids is 2. The molecule has 6 aromatic rings. The second-order valence-corrected chi connectivity index (χ2v) is 23.2. The summed E-state index contributed by atoms with van der Waals surface area (Å²) in [5, 5.41) is 9.59. The van der Waals surface area contributed by atoms with Crippen LogP contribution in [0.1, 0.15) is 164 Å². The Kier molecular flexibility index (Phi) is 21.1. The molecule has 0 saturated heterocycles. The Hall–Kier alpha value is -6.43. The van der Waals surface area contributed by atoms with Crippen LogP contribution in [-0.4, -0.2) is 59.0 Å². The van der Waals surface area contributed by atoms with Gasteiger partial charge in [-0.15, -0.1) is 22.7 Å². The first kappa shape index (κ1) is 57.7. The molecule has 4 aromatic carbocycles. The maximum absolute atomic E-state index is 15.5. The fraction of sp³-hybridized carbons (Fsp3) is 0.418. The number of carboxylic acid groups (broad SMARTS) is 1. The highest BCUT2D eigenvalue weighted by Crippen LogP contribution is 2.51. The number of nitrogens with zero attached hydrogens (tertiary/aromatic N) is 3. The normalized spacial score (nSPS) is 14.2. The summed E-state index contributed by atoms with van der Waals surface area (Å²) in [7, 11) is 0. The molecule has 0 aliphatic carbocycles. The van der Waals surface area contributed by atoms with E-state index in [4.69, 9.17) is 9.47 Å². The molecule has 2 aliphatic rings. The molecule has 0 radical (unpaired) electrons. The minimum Gasteiger partial charge on any atom is -0.494 e. The lowest BCUT2D eigenvalue weighted by Crippen LogP contribution is -2.34. The summed E-state index contributed by atoms with van der Waals surface area (Å²) < 4.78 is 12.3. The molecule has 0 fully saturated rings. The SMILES string of the molecule is CCCCCCOc1ccc(N(c2ccc(OCCCCCC)cc2)c2ccc(-c3ccc(C4=C5C(=O)N(CC(CC)CCCC)C(c6ccc(-c7ccc(C(=O)O)cc7)s6)=C5C(=O)N4CC(CC)CCCC)s3)cc2)cc1. The third kappa shape index (κ3) is 13.9. The van der Waals surface area contributed by atoms with Gasteiger partial charge in [-0.3, -0.25) is 9.59 Å². The molecule has 412 valence electrons. The molecular formula is C67H81N3O6S2. The van der Waals surface area contributed by atoms with Crippen LogP contribution in [-0.2, 0) is 9.59 Å². The van der Waals surface area contributed by atoms with Crippen LogP contribution in [0, 0.1) is 11.8 Å². The van der Waals surface area contributed by atoms with Crippen molar-refractivity contribution < 1.29 is 29.0 Å². The number of thiophene rings is 2. The lowest BCUT2D eigenvalue weighted by molar-refractivity contribution is -0.124. The summed E-state index contributed by atoms with van der Waals surface area (Å²) >= 11 is 3.17. The minimum absolute atomic E-state index is 0.110. The van der Waals surface area contributed by atoms with Gasteiger partial charge in [-0.05, 0) is 146 Å². The van der Waals surface area contributed by atoms with Crippen LogP contribution in [0.25, 0.3) is 32.3 Å². The van der Waals surface area contributed by atoms with Crippen molar-refractivity contribution in [3.8, 4) is 32.4 Å². The number of carbonyl (C=O) groups is 3. The van der Waals surface area contributed by atoms with Crippen molar-refractivity contribution in [2.24, 2.45) is 11.8 Å². The largest absolute Gasteiger partial charge is 0.494 e. The van der Waals surface area contributed by atoms with E-state index in [2.05, 4.69) is 131 Å². The van der Waals surface area contributed by atoms with Gasteiger partial charge in [-0.2, -0.15) is 0 Å². The first-order valence-corrected chi connectivity index (χ1v) is 30.8. The van der Waals surface area contributed by atoms with Crippen LogP contribution in [0.15, 0.2) is 132 Å². The van der Waals surface area contributed by atoms with Gasteiger partial charge in [-0.25, -0.2) is 4.79 Å². The van der Waals surface area contributed by atoms with Crippen LogP contribution in [0.2, 0.25) is 0 Å². The average Bonchev–Trinajstić information content (AvgIpc) is 4.47. The Morgan fingerprint density at radius 3 is 1.22 bits per heavy atom. The molecule has 0 bridgehead atoms. The second-order valence-electron chi connectivity index (χ2n) is 21.0. The summed E-state index contributed by atoms with van der Waals surface area (Å²) in [5.74, 6) is 1.07. The number of ether oxygens (including phenoxy) is 2. The van der Waals surface area contributed by atoms with Crippen molar-refractivity contribution in [1.29, 1.82) is 0 Å². The number of rotatable bonds is 32. The first-order valence-electron chi connectivity index (χ1n) is 29.1. The maximum atomic E-state index is 15.5. The number of aromatic carboxylic acids is 1. The second kappa shape index (κ2) is 28.4. The van der Waals surface area contributed by atoms with Crippen molar-refractivity contribution in [2.75, 3.05) is 31.2 Å². The van der Waals surface area contributed by atoms with Gasteiger partial charge in [0.1, 0.15) is 11.5 Å². The van der Waals surface area contributed by atoms with Gasteiger partial charge in [0, 0.05) is 39.9 Å². The van der Waals surface area contributed by atoms with Crippen LogP contribution < -0.4 is 14.4 Å². The van der Waals surface area contributed by atoms with E-state index in [9.17, 15) is 9.90 Å². The molecule has 0 saturated carbocycles. The average molecular weight is 1090 g/mol. The van der Waals surface area contributed by atoms with Crippen molar-refractivity contribution in [1.82, 2.24) is 9.80 Å². The van der Waals surface area contributed by atoms with E-state index >= 15 is 9.59 Å². The van der Waals surface area contributed by atoms with E-state index in [0.717, 1.165) is 129 Å². The highest BCUT2D eigenvalue weighted by molar-refractivity contribution is 7.17. The van der Waals surface area contributed by atoms with Gasteiger partial charge < -0.3 is 29.3 Å². The summed E-state index contributed by atoms with van der Waals surface area (Å²) in [6.45, 7) is 15.7. The molecule has 2 unspecified atom stereocenters. The molecule has 1 N–H and O–H groups in total. The van der Waals surface area contributed by atoms with E-state index in [1.54, 1.807) is 34.8 Å². The van der Waals surface area contributed by atoms with Crippen LogP contribution in [0.5, 0.6) is 11.5 Å². The Morgan fingerprint density at radius 1 is 0.474 bits per heavy atom. The summed E-state index contributed by atoms with van der Waals surface area (Å²) in [4.78, 5) is 52.5. The van der Waals surface area contributed by atoms with Crippen molar-refractivity contribution >= 4 is 68.9 Å². The van der Waals surface area contributed by atoms with Crippen LogP contribution in [0.4, 0.5) is 17.1 Å². The first-order chi connectivity index (χ1) is 38.1. The van der Waals surface area contributed by atoms with E-state index in [1.807, 2.05) is 34.1 Å². The molecular weight excluding hydrogens is 1010 g/mol. The zero-order valence-electron chi connectivity index (χ0n) is 47.0. The van der Waals surface area contributed by atoms with Gasteiger partial charge >= 0.3 is 5.97 Å². The topological polar surface area (TPSA) is 99.6 Å². The molecule has 4 heterocycles. The van der Waals surface area contributed by atoms with Crippen LogP contribution >= 0.6 is 22.7 Å². The predicted octanol–water partition coefficient (Wildman–Crippen LogP) is 18.5. The Labute approximate surface area is 472 Å². The fourth-order valence-electron chi connectivity index (χ4n) is 10.7. The number of hydrogen-bond acceptors (Lipinski definition) is 8. The lowest BCUT2D eigenvalue weighted by Gasteiger charge is -2.29. The third-order valence-electron chi connectivity index (χ3n) is 15.4. The quantitative estimate of drug-likeness (QED) is 0.0420. The van der Waals surface area contributed by atoms with Gasteiger partial charge in [-0.1, -0.05) is 143 Å². The number of unbranched alkanes of at least 4 members (excludes halogenated alkanes) is 8. The predicted molar refractivity (Wildman–Crippen MR) is 324 cm³/mol. The van der Waals surface area contributed by atoms with Gasteiger partial charge in [0.25, 0.3) is 11.8 Å². The molecule has 2 amide bonds. The van der Waals surface area contributed by atoms with Crippen molar-refractivity contribution in [3.63, 3.8) is 0 Å². The number of fused-ring (bicyclic) bond motifs is 1. The van der Waals surface area contributed by atoms with E-state index in [-0.39, 0.29) is 29.2 Å². The smallest absolute Gasteiger partial charge is 0.335 e. The molecule has 78 heavy (non-hydrogen) atoms. The number of carboxylic acids is 1. The van der Waals surface area contributed by atoms with Crippen molar-refractivity contribution in [2.45, 2.75) is 144 Å². The zero-order chi connectivity index (χ0) is 55.0. The zero-order valence-corrected chi connectivity index (χ0v) is 48.6. The molecule has 9 nitrogen and oxygen atoms in total. The molecule has 2 aromatic heterocycles. The maximum Gasteiger partial charge on any atom is 0.335 e. The standard InChI is InChI=1S/C67H81N3O6S2/c1-7-13-17-19-43-75-55-35-31-53(32-36-55)70(54-33-37-56(38-34-54)76-44-20-18-14-8-2)52-29-27-50(28-30-52)58-40-42-60(78-58)64-62-61(65(71)69(64)46-48(12-6)22-16-10-4)63(68(66(62)72)45-47(11-5)21-15-9-3)59-41-39-57(77-59)49-23-25-51(26-24-49)67(73)74/h23-42,47-48H,7-22,43-46H2,1-6H3,(H,73,74). The Bertz CT molecular complexity index is 2910. The molecule has 2 atom stereocenters. The number of benzene rings is 4. The van der Waals surface area contributed by atoms with Gasteiger partial charge in [0.05, 0.1) is 51.1 Å². The fourth-order valence-corrected chi connectivity index (χ4v) is 12.8. The molecule has 0 spiro atoms. The Morgan fingerprint density at radius 2 is 0.846 bits per heavy atom. The summed E-state index contributed by atoms with van der Waals surface area (Å²) in [6.07, 6.45) is 17.4. The molecule has 2 aliphatic heterocycles. The van der Waals surface area contributed by atoms with Crippen LogP contribution in [0.3, 0.4) is 0 Å². The Balaban J connectivity index is 1.16. The minimum atomic E-state index is -0.972.